The first-order valence-corrected chi connectivity index (χ1v) is 8.47. The number of hydrogen-bond donors (Lipinski definition) is 2. The summed E-state index contributed by atoms with van der Waals surface area (Å²) in [5.74, 6) is -0.0344. The monoisotopic (exact) mass is 354 g/mol. The van der Waals surface area contributed by atoms with Crippen LogP contribution >= 0.6 is 12.4 Å². The Kier molecular flexibility index (Phi) is 6.26. The highest BCUT2D eigenvalue weighted by atomic mass is 35.5. The molecule has 1 spiro atoms. The first-order chi connectivity index (χ1) is 11.1. The second kappa shape index (κ2) is 7.83. The van der Waals surface area contributed by atoms with Crippen molar-refractivity contribution in [1.29, 1.82) is 0 Å². The zero-order valence-electron chi connectivity index (χ0n) is 14.1. The molecule has 3 N–H and O–H groups in total. The van der Waals surface area contributed by atoms with E-state index < -0.39 is 6.04 Å². The highest BCUT2D eigenvalue weighted by molar-refractivity contribution is 5.85. The third-order valence-corrected chi connectivity index (χ3v) is 5.54. The normalized spacial score (nSPS) is 26.4. The lowest BCUT2D eigenvalue weighted by Gasteiger charge is -2.56. The van der Waals surface area contributed by atoms with Crippen LogP contribution in [-0.4, -0.2) is 47.8 Å². The van der Waals surface area contributed by atoms with Crippen molar-refractivity contribution in [1.82, 2.24) is 4.90 Å². The van der Waals surface area contributed by atoms with E-state index in [0.29, 0.717) is 26.1 Å². The molecule has 1 aromatic carbocycles. The number of ether oxygens (including phenoxy) is 1. The molecule has 0 bridgehead atoms. The van der Waals surface area contributed by atoms with Gasteiger partial charge in [-0.25, -0.2) is 0 Å². The summed E-state index contributed by atoms with van der Waals surface area (Å²) < 4.78 is 5.77. The largest absolute Gasteiger partial charge is 0.392 e. The summed E-state index contributed by atoms with van der Waals surface area (Å²) in [6, 6.07) is 8.86. The summed E-state index contributed by atoms with van der Waals surface area (Å²) >= 11 is 0. The predicted octanol–water partition coefficient (Wildman–Crippen LogP) is 1.89. The van der Waals surface area contributed by atoms with Crippen molar-refractivity contribution < 1.29 is 14.6 Å². The van der Waals surface area contributed by atoms with Crippen molar-refractivity contribution >= 4 is 18.3 Å². The van der Waals surface area contributed by atoms with E-state index in [1.54, 1.807) is 0 Å². The molecule has 2 fully saturated rings. The van der Waals surface area contributed by atoms with Crippen LogP contribution in [0.5, 0.6) is 0 Å². The van der Waals surface area contributed by atoms with Crippen molar-refractivity contribution in [2.24, 2.45) is 11.1 Å². The van der Waals surface area contributed by atoms with Crippen LogP contribution in [0.15, 0.2) is 30.3 Å². The minimum atomic E-state index is -0.612. The molecule has 134 valence electrons. The van der Waals surface area contributed by atoms with Crippen molar-refractivity contribution in [2.45, 2.75) is 44.4 Å². The minimum absolute atomic E-state index is 0. The second-order valence-electron chi connectivity index (χ2n) is 6.64. The van der Waals surface area contributed by atoms with E-state index in [1.807, 2.05) is 42.2 Å². The lowest BCUT2D eigenvalue weighted by atomic mass is 9.58. The molecule has 2 aliphatic rings. The number of rotatable bonds is 4. The van der Waals surface area contributed by atoms with Gasteiger partial charge >= 0.3 is 0 Å². The number of likely N-dealkylation sites (tertiary alicyclic amines) is 1. The Hall–Kier alpha value is -1.14. The number of aliphatic hydroxyl groups excluding tert-OH is 1. The van der Waals surface area contributed by atoms with E-state index in [2.05, 4.69) is 0 Å². The number of nitrogens with two attached hydrogens (primary N) is 1. The fourth-order valence-electron chi connectivity index (χ4n) is 3.96. The summed E-state index contributed by atoms with van der Waals surface area (Å²) in [6.45, 7) is 3.93. The van der Waals surface area contributed by atoms with Gasteiger partial charge in [0.1, 0.15) is 6.04 Å². The maximum absolute atomic E-state index is 12.6. The number of hydrogen-bond acceptors (Lipinski definition) is 4. The van der Waals surface area contributed by atoms with Gasteiger partial charge in [0.05, 0.1) is 12.2 Å². The fraction of sp³-hybridized carbons (Fsp3) is 0.611. The average Bonchev–Trinajstić information content (AvgIpc) is 2.61. The van der Waals surface area contributed by atoms with E-state index in [1.165, 1.54) is 0 Å². The van der Waals surface area contributed by atoms with Gasteiger partial charge in [0.15, 0.2) is 0 Å². The summed E-state index contributed by atoms with van der Waals surface area (Å²) in [5.41, 5.74) is 6.80. The Morgan fingerprint density at radius 3 is 2.54 bits per heavy atom. The molecular weight excluding hydrogens is 328 g/mol. The van der Waals surface area contributed by atoms with Gasteiger partial charge in [-0.05, 0) is 25.3 Å². The highest BCUT2D eigenvalue weighted by Gasteiger charge is 2.56. The van der Waals surface area contributed by atoms with Crippen LogP contribution in [0.25, 0.3) is 0 Å². The molecule has 0 aromatic heterocycles. The number of carbonyl (C=O) groups excluding carboxylic acids is 1. The average molecular weight is 355 g/mol. The molecule has 1 aromatic rings. The first-order valence-electron chi connectivity index (χ1n) is 8.47. The standard InChI is InChI=1S/C18H26N2O3.ClH/c1-2-23-15-12-14(21)18(15)8-10-20(11-9-18)17(22)16(19)13-6-4-3-5-7-13;/h3-7,14-16,21H,2,8-12,19H2,1H3;1H. The highest BCUT2D eigenvalue weighted by Crippen LogP contribution is 2.51. The number of benzene rings is 1. The van der Waals surface area contributed by atoms with Gasteiger partial charge in [-0.15, -0.1) is 12.4 Å². The molecule has 1 amide bonds. The van der Waals surface area contributed by atoms with Gasteiger partial charge in [-0.1, -0.05) is 30.3 Å². The number of amides is 1. The summed E-state index contributed by atoms with van der Waals surface area (Å²) in [7, 11) is 0. The van der Waals surface area contributed by atoms with Crippen molar-refractivity contribution in [3.05, 3.63) is 35.9 Å². The summed E-state index contributed by atoms with van der Waals surface area (Å²) in [5, 5.41) is 10.2. The molecule has 3 unspecified atom stereocenters. The molecule has 3 rings (SSSR count). The van der Waals surface area contributed by atoms with E-state index in [0.717, 1.165) is 18.4 Å². The molecular formula is C18H27ClN2O3. The molecule has 3 atom stereocenters. The van der Waals surface area contributed by atoms with Crippen molar-refractivity contribution in [3.8, 4) is 0 Å². The minimum Gasteiger partial charge on any atom is -0.392 e. The van der Waals surface area contributed by atoms with Crippen LogP contribution in [0.4, 0.5) is 0 Å². The van der Waals surface area contributed by atoms with E-state index in [4.69, 9.17) is 10.5 Å². The molecule has 24 heavy (non-hydrogen) atoms. The number of nitrogens with zero attached hydrogens (tertiary/aromatic N) is 1. The number of aliphatic hydroxyl groups is 1. The Morgan fingerprint density at radius 2 is 2.00 bits per heavy atom. The third-order valence-electron chi connectivity index (χ3n) is 5.54. The van der Waals surface area contributed by atoms with E-state index in [9.17, 15) is 9.90 Å². The van der Waals surface area contributed by atoms with Gasteiger partial charge in [0.2, 0.25) is 5.91 Å². The van der Waals surface area contributed by atoms with Gasteiger partial charge < -0.3 is 20.5 Å². The van der Waals surface area contributed by atoms with Crippen LogP contribution in [-0.2, 0) is 9.53 Å². The summed E-state index contributed by atoms with van der Waals surface area (Å²) in [6.07, 6.45) is 2.10. The zero-order valence-corrected chi connectivity index (χ0v) is 14.9. The van der Waals surface area contributed by atoms with Gasteiger partial charge in [-0.2, -0.15) is 0 Å². The number of piperidine rings is 1. The second-order valence-corrected chi connectivity index (χ2v) is 6.64. The molecule has 5 nitrogen and oxygen atoms in total. The maximum Gasteiger partial charge on any atom is 0.244 e. The Bertz CT molecular complexity index is 544. The Labute approximate surface area is 149 Å². The fourth-order valence-corrected chi connectivity index (χ4v) is 3.96. The van der Waals surface area contributed by atoms with Crippen molar-refractivity contribution in [2.75, 3.05) is 19.7 Å². The number of carbonyl (C=O) groups is 1. The lowest BCUT2D eigenvalue weighted by molar-refractivity contribution is -0.210. The number of halogens is 1. The topological polar surface area (TPSA) is 75.8 Å². The van der Waals surface area contributed by atoms with Crippen LogP contribution in [0, 0.1) is 5.41 Å². The maximum atomic E-state index is 12.6. The molecule has 1 saturated carbocycles. The zero-order chi connectivity index (χ0) is 16.4. The predicted molar refractivity (Wildman–Crippen MR) is 94.9 cm³/mol. The quantitative estimate of drug-likeness (QED) is 0.865. The van der Waals surface area contributed by atoms with Gasteiger partial charge in [0, 0.05) is 31.5 Å². The van der Waals surface area contributed by atoms with E-state index >= 15 is 0 Å². The molecule has 1 aliphatic carbocycles. The molecule has 1 aliphatic heterocycles. The molecule has 6 heteroatoms. The molecule has 1 saturated heterocycles. The lowest BCUT2D eigenvalue weighted by Crippen LogP contribution is -2.63. The SMILES string of the molecule is CCOC1CC(O)C12CCN(C(=O)C(N)c1ccccc1)CC2.Cl. The van der Waals surface area contributed by atoms with Gasteiger partial charge in [-0.3, -0.25) is 4.79 Å². The molecule has 1 heterocycles. The van der Waals surface area contributed by atoms with Crippen LogP contribution < -0.4 is 5.73 Å². The summed E-state index contributed by atoms with van der Waals surface area (Å²) in [4.78, 5) is 14.4. The Morgan fingerprint density at radius 1 is 1.38 bits per heavy atom. The van der Waals surface area contributed by atoms with Crippen LogP contribution in [0.2, 0.25) is 0 Å². The van der Waals surface area contributed by atoms with Crippen molar-refractivity contribution in [3.63, 3.8) is 0 Å². The van der Waals surface area contributed by atoms with Crippen LogP contribution in [0.1, 0.15) is 37.8 Å². The third kappa shape index (κ3) is 3.31. The van der Waals surface area contributed by atoms with E-state index in [-0.39, 0.29) is 35.9 Å². The smallest absolute Gasteiger partial charge is 0.244 e. The molecule has 0 radical (unpaired) electrons. The van der Waals surface area contributed by atoms with Gasteiger partial charge in [0.25, 0.3) is 0 Å². The Balaban J connectivity index is 0.00000208. The van der Waals surface area contributed by atoms with Crippen LogP contribution in [0.3, 0.4) is 0 Å². The first kappa shape index (κ1) is 19.2.